The van der Waals surface area contributed by atoms with E-state index in [4.69, 9.17) is 4.74 Å². The number of ether oxygens (including phenoxy) is 2. The molecule has 0 radical (unpaired) electrons. The second kappa shape index (κ2) is 8.62. The normalized spacial score (nSPS) is 10.6. The molecule has 0 amide bonds. The minimum Gasteiger partial charge on any atom is -0.465 e. The molecule has 7 nitrogen and oxygen atoms in total. The Morgan fingerprint density at radius 2 is 1.48 bits per heavy atom. The second-order valence-corrected chi connectivity index (χ2v) is 6.71. The molecule has 0 saturated carbocycles. The van der Waals surface area contributed by atoms with E-state index < -0.39 is 11.9 Å². The topological polar surface area (TPSA) is 87.5 Å². The lowest BCUT2D eigenvalue weighted by atomic mass is 10.1. The summed E-state index contributed by atoms with van der Waals surface area (Å²) in [6.45, 7) is -0.0131. The standard InChI is InChI=1S/C24H18N2O5/c1-30-23(28)17-13-11-16(12-14-17)15-31-24(29)21-19-9-5-6-10-20(19)22(27)26(25-21)18-7-3-2-4-8-18/h2-14H,15H2,1H3. The molecule has 0 fully saturated rings. The fourth-order valence-electron chi connectivity index (χ4n) is 3.16. The summed E-state index contributed by atoms with van der Waals surface area (Å²) < 4.78 is 11.3. The van der Waals surface area contributed by atoms with Crippen LogP contribution in [0, 0.1) is 0 Å². The molecule has 0 bridgehead atoms. The smallest absolute Gasteiger partial charge is 0.359 e. The molecule has 0 aliphatic carbocycles. The average Bonchev–Trinajstić information content (AvgIpc) is 2.83. The molecule has 154 valence electrons. The Balaban J connectivity index is 1.65. The highest BCUT2D eigenvalue weighted by Crippen LogP contribution is 2.17. The van der Waals surface area contributed by atoms with Crippen LogP contribution in [0.15, 0.2) is 83.7 Å². The zero-order chi connectivity index (χ0) is 21.8. The highest BCUT2D eigenvalue weighted by atomic mass is 16.5. The van der Waals surface area contributed by atoms with Crippen LogP contribution in [0.4, 0.5) is 0 Å². The van der Waals surface area contributed by atoms with E-state index in [1.807, 2.05) is 6.07 Å². The third-order valence-electron chi connectivity index (χ3n) is 4.74. The summed E-state index contributed by atoms with van der Waals surface area (Å²) in [6.07, 6.45) is 0. The third kappa shape index (κ3) is 4.06. The van der Waals surface area contributed by atoms with Gasteiger partial charge in [0.2, 0.25) is 0 Å². The first-order chi connectivity index (χ1) is 15.1. The third-order valence-corrected chi connectivity index (χ3v) is 4.74. The lowest BCUT2D eigenvalue weighted by molar-refractivity contribution is 0.0465. The fraction of sp³-hybridized carbons (Fsp3) is 0.0833. The first-order valence-corrected chi connectivity index (χ1v) is 9.50. The maximum atomic E-state index is 12.9. The number of aromatic nitrogens is 2. The molecule has 0 atom stereocenters. The SMILES string of the molecule is COC(=O)c1ccc(COC(=O)c2nn(-c3ccccc3)c(=O)c3ccccc23)cc1. The number of carbonyl (C=O) groups excluding carboxylic acids is 2. The molecular formula is C24H18N2O5. The number of nitrogens with zero attached hydrogens (tertiary/aromatic N) is 2. The van der Waals surface area contributed by atoms with Crippen molar-refractivity contribution in [2.24, 2.45) is 0 Å². The Labute approximate surface area is 177 Å². The van der Waals surface area contributed by atoms with Crippen molar-refractivity contribution in [2.75, 3.05) is 7.11 Å². The zero-order valence-corrected chi connectivity index (χ0v) is 16.6. The lowest BCUT2D eigenvalue weighted by Gasteiger charge is -2.11. The summed E-state index contributed by atoms with van der Waals surface area (Å²) in [5.74, 6) is -1.10. The Morgan fingerprint density at radius 1 is 0.839 bits per heavy atom. The number of fused-ring (bicyclic) bond motifs is 1. The molecule has 0 saturated heterocycles. The Kier molecular flexibility index (Phi) is 5.57. The molecule has 0 spiro atoms. The molecule has 1 heterocycles. The van der Waals surface area contributed by atoms with Gasteiger partial charge in [0.05, 0.1) is 23.7 Å². The largest absolute Gasteiger partial charge is 0.465 e. The van der Waals surface area contributed by atoms with Crippen molar-refractivity contribution in [3.63, 3.8) is 0 Å². The highest BCUT2D eigenvalue weighted by Gasteiger charge is 2.19. The monoisotopic (exact) mass is 414 g/mol. The Morgan fingerprint density at radius 3 is 2.16 bits per heavy atom. The van der Waals surface area contributed by atoms with E-state index in [1.54, 1.807) is 72.8 Å². The van der Waals surface area contributed by atoms with Gasteiger partial charge in [-0.15, -0.1) is 0 Å². The maximum Gasteiger partial charge on any atom is 0.359 e. The summed E-state index contributed by atoms with van der Waals surface area (Å²) in [5.41, 5.74) is 1.37. The molecule has 7 heteroatoms. The number of hydrogen-bond donors (Lipinski definition) is 0. The van der Waals surface area contributed by atoms with Crippen molar-refractivity contribution in [3.8, 4) is 5.69 Å². The van der Waals surface area contributed by atoms with E-state index in [1.165, 1.54) is 11.8 Å². The van der Waals surface area contributed by atoms with Crippen LogP contribution >= 0.6 is 0 Å². The van der Waals surface area contributed by atoms with Gasteiger partial charge in [-0.3, -0.25) is 4.79 Å². The molecule has 0 aliphatic rings. The van der Waals surface area contributed by atoms with E-state index >= 15 is 0 Å². The van der Waals surface area contributed by atoms with Crippen molar-refractivity contribution < 1.29 is 19.1 Å². The molecule has 0 unspecified atom stereocenters. The highest BCUT2D eigenvalue weighted by molar-refractivity contribution is 6.02. The van der Waals surface area contributed by atoms with Crippen LogP contribution in [0.3, 0.4) is 0 Å². The molecule has 1 aromatic heterocycles. The second-order valence-electron chi connectivity index (χ2n) is 6.71. The number of hydrogen-bond acceptors (Lipinski definition) is 6. The van der Waals surface area contributed by atoms with Crippen molar-refractivity contribution in [2.45, 2.75) is 6.61 Å². The van der Waals surface area contributed by atoms with Gasteiger partial charge in [0.15, 0.2) is 5.69 Å². The van der Waals surface area contributed by atoms with Gasteiger partial charge in [0.1, 0.15) is 6.61 Å². The average molecular weight is 414 g/mol. The quantitative estimate of drug-likeness (QED) is 0.464. The van der Waals surface area contributed by atoms with E-state index in [-0.39, 0.29) is 17.9 Å². The summed E-state index contributed by atoms with van der Waals surface area (Å²) >= 11 is 0. The fourth-order valence-corrected chi connectivity index (χ4v) is 3.16. The minimum absolute atomic E-state index is 0.0131. The summed E-state index contributed by atoms with van der Waals surface area (Å²) in [5, 5.41) is 5.09. The van der Waals surface area contributed by atoms with Crippen molar-refractivity contribution in [1.29, 1.82) is 0 Å². The van der Waals surface area contributed by atoms with Gasteiger partial charge in [-0.25, -0.2) is 9.59 Å². The van der Waals surface area contributed by atoms with Crippen molar-refractivity contribution >= 4 is 22.7 Å². The van der Waals surface area contributed by atoms with Crippen LogP contribution in [0.25, 0.3) is 16.5 Å². The van der Waals surface area contributed by atoms with Crippen LogP contribution < -0.4 is 5.56 Å². The molecule has 31 heavy (non-hydrogen) atoms. The van der Waals surface area contributed by atoms with Gasteiger partial charge in [-0.2, -0.15) is 9.78 Å². The zero-order valence-electron chi connectivity index (χ0n) is 16.6. The molecular weight excluding hydrogens is 396 g/mol. The van der Waals surface area contributed by atoms with Gasteiger partial charge in [-0.05, 0) is 35.9 Å². The van der Waals surface area contributed by atoms with Gasteiger partial charge in [0, 0.05) is 5.39 Å². The number of methoxy groups -OCH3 is 1. The van der Waals surface area contributed by atoms with E-state index in [0.29, 0.717) is 27.6 Å². The number of para-hydroxylation sites is 1. The van der Waals surface area contributed by atoms with E-state index in [9.17, 15) is 14.4 Å². The molecule has 0 aliphatic heterocycles. The van der Waals surface area contributed by atoms with E-state index in [0.717, 1.165) is 0 Å². The number of benzene rings is 3. The van der Waals surface area contributed by atoms with Gasteiger partial charge >= 0.3 is 11.9 Å². The summed E-state index contributed by atoms with van der Waals surface area (Å²) in [7, 11) is 1.31. The Hall–Kier alpha value is -4.26. The van der Waals surface area contributed by atoms with Gasteiger partial charge < -0.3 is 9.47 Å². The van der Waals surface area contributed by atoms with Crippen LogP contribution in [-0.4, -0.2) is 28.8 Å². The maximum absolute atomic E-state index is 12.9. The number of carbonyl (C=O) groups is 2. The molecule has 4 rings (SSSR count). The predicted molar refractivity (Wildman–Crippen MR) is 114 cm³/mol. The lowest BCUT2D eigenvalue weighted by Crippen LogP contribution is -2.25. The first-order valence-electron chi connectivity index (χ1n) is 9.50. The van der Waals surface area contributed by atoms with Crippen molar-refractivity contribution in [3.05, 3.63) is 106 Å². The number of rotatable bonds is 5. The molecule has 3 aromatic carbocycles. The van der Waals surface area contributed by atoms with Crippen LogP contribution in [-0.2, 0) is 16.1 Å². The first kappa shape index (κ1) is 20.0. The molecule has 0 N–H and O–H groups in total. The van der Waals surface area contributed by atoms with Crippen LogP contribution in [0.2, 0.25) is 0 Å². The Bertz CT molecular complexity index is 1310. The van der Waals surface area contributed by atoms with Crippen LogP contribution in [0.1, 0.15) is 26.4 Å². The summed E-state index contributed by atoms with van der Waals surface area (Å²) in [4.78, 5) is 37.3. The summed E-state index contributed by atoms with van der Waals surface area (Å²) in [6, 6.07) is 22.2. The van der Waals surface area contributed by atoms with E-state index in [2.05, 4.69) is 9.84 Å². The van der Waals surface area contributed by atoms with Gasteiger partial charge in [-0.1, -0.05) is 48.5 Å². The van der Waals surface area contributed by atoms with Gasteiger partial charge in [0.25, 0.3) is 5.56 Å². The minimum atomic E-state index is -0.655. The number of esters is 2. The molecule has 4 aromatic rings. The van der Waals surface area contributed by atoms with Crippen LogP contribution in [0.5, 0.6) is 0 Å². The predicted octanol–water partition coefficient (Wildman–Crippen LogP) is 3.53. The van der Waals surface area contributed by atoms with Crippen molar-refractivity contribution in [1.82, 2.24) is 9.78 Å².